The predicted octanol–water partition coefficient (Wildman–Crippen LogP) is 3.43. The van der Waals surface area contributed by atoms with Gasteiger partial charge in [0.25, 0.3) is 5.91 Å². The highest BCUT2D eigenvalue weighted by Gasteiger charge is 2.36. The average Bonchev–Trinajstić information content (AvgIpc) is 2.66. The molecule has 2 aromatic rings. The summed E-state index contributed by atoms with van der Waals surface area (Å²) in [5.74, 6) is 0.455. The number of hydrogen-bond acceptors (Lipinski definition) is 4. The van der Waals surface area contributed by atoms with Crippen LogP contribution in [0.1, 0.15) is 37.4 Å². The molecule has 1 N–H and O–H groups in total. The van der Waals surface area contributed by atoms with E-state index < -0.39 is 16.1 Å². The summed E-state index contributed by atoms with van der Waals surface area (Å²) in [6, 6.07) is 14.9. The van der Waals surface area contributed by atoms with E-state index in [0.29, 0.717) is 17.4 Å². The van der Waals surface area contributed by atoms with Gasteiger partial charge in [-0.1, -0.05) is 50.2 Å². The Hall–Kier alpha value is -2.54. The maximum Gasteiger partial charge on any atom is 0.263 e. The lowest BCUT2D eigenvalue weighted by atomic mass is 9.96. The van der Waals surface area contributed by atoms with Crippen molar-refractivity contribution in [3.8, 4) is 5.75 Å². The SMILES string of the molecule is Cc1ccc2c(c1)N(S(C)(=O)=O)C[C@@H](C(=O)N[C@@H](CC(C)C)c1ccccc1)O2. The average molecular weight is 417 g/mol. The van der Waals surface area contributed by atoms with E-state index in [0.717, 1.165) is 23.8 Å². The summed E-state index contributed by atoms with van der Waals surface area (Å²) in [7, 11) is -3.55. The third-order valence-electron chi connectivity index (χ3n) is 4.90. The highest BCUT2D eigenvalue weighted by Crippen LogP contribution is 2.36. The van der Waals surface area contributed by atoms with E-state index in [2.05, 4.69) is 19.2 Å². The molecular weight excluding hydrogens is 388 g/mol. The summed E-state index contributed by atoms with van der Waals surface area (Å²) in [5.41, 5.74) is 2.41. The molecule has 0 radical (unpaired) electrons. The Bertz CT molecular complexity index is 974. The van der Waals surface area contributed by atoms with Crippen molar-refractivity contribution in [2.75, 3.05) is 17.1 Å². The topological polar surface area (TPSA) is 75.7 Å². The van der Waals surface area contributed by atoms with Crippen LogP contribution in [0.15, 0.2) is 48.5 Å². The zero-order chi connectivity index (χ0) is 21.2. The minimum atomic E-state index is -3.55. The molecule has 7 heteroatoms. The minimum Gasteiger partial charge on any atom is -0.476 e. The van der Waals surface area contributed by atoms with Crippen LogP contribution in [-0.2, 0) is 14.8 Å². The molecule has 0 saturated heterocycles. The molecule has 29 heavy (non-hydrogen) atoms. The molecule has 1 aliphatic rings. The first kappa shape index (κ1) is 21.2. The lowest BCUT2D eigenvalue weighted by Crippen LogP contribution is -2.51. The van der Waals surface area contributed by atoms with E-state index in [9.17, 15) is 13.2 Å². The van der Waals surface area contributed by atoms with E-state index in [1.54, 1.807) is 12.1 Å². The molecule has 0 saturated carbocycles. The molecule has 0 bridgehead atoms. The molecule has 1 aliphatic heterocycles. The van der Waals surface area contributed by atoms with E-state index >= 15 is 0 Å². The number of nitrogens with zero attached hydrogens (tertiary/aromatic N) is 1. The Morgan fingerprint density at radius 2 is 1.90 bits per heavy atom. The molecule has 1 heterocycles. The van der Waals surface area contributed by atoms with Crippen LogP contribution in [0.5, 0.6) is 5.75 Å². The number of carbonyl (C=O) groups is 1. The number of benzene rings is 2. The molecule has 3 rings (SSSR count). The van der Waals surface area contributed by atoms with Crippen molar-refractivity contribution in [2.24, 2.45) is 5.92 Å². The molecule has 2 aromatic carbocycles. The van der Waals surface area contributed by atoms with Crippen molar-refractivity contribution in [3.05, 3.63) is 59.7 Å². The summed E-state index contributed by atoms with van der Waals surface area (Å²) in [5, 5.41) is 3.06. The highest BCUT2D eigenvalue weighted by molar-refractivity contribution is 7.92. The van der Waals surface area contributed by atoms with Gasteiger partial charge in [-0.05, 0) is 42.5 Å². The molecule has 0 aromatic heterocycles. The molecule has 0 unspecified atom stereocenters. The minimum absolute atomic E-state index is 0.0513. The van der Waals surface area contributed by atoms with Crippen LogP contribution in [0, 0.1) is 12.8 Å². The molecule has 1 amide bonds. The van der Waals surface area contributed by atoms with Crippen molar-refractivity contribution in [3.63, 3.8) is 0 Å². The summed E-state index contributed by atoms with van der Waals surface area (Å²) in [6.45, 7) is 6.03. The van der Waals surface area contributed by atoms with Gasteiger partial charge >= 0.3 is 0 Å². The summed E-state index contributed by atoms with van der Waals surface area (Å²) >= 11 is 0. The first-order valence-electron chi connectivity index (χ1n) is 9.75. The quantitative estimate of drug-likeness (QED) is 0.783. The second-order valence-electron chi connectivity index (χ2n) is 7.97. The van der Waals surface area contributed by atoms with Gasteiger partial charge in [0.05, 0.1) is 24.5 Å². The van der Waals surface area contributed by atoms with Crippen molar-refractivity contribution in [2.45, 2.75) is 39.3 Å². The molecular formula is C22H28N2O4S. The van der Waals surface area contributed by atoms with Gasteiger partial charge in [0.15, 0.2) is 6.10 Å². The highest BCUT2D eigenvalue weighted by atomic mass is 32.2. The maximum absolute atomic E-state index is 13.1. The third kappa shape index (κ3) is 5.09. The van der Waals surface area contributed by atoms with Crippen LogP contribution in [0.2, 0.25) is 0 Å². The van der Waals surface area contributed by atoms with Gasteiger partial charge in [0.2, 0.25) is 10.0 Å². The lowest BCUT2D eigenvalue weighted by molar-refractivity contribution is -0.128. The molecule has 2 atom stereocenters. The van der Waals surface area contributed by atoms with E-state index in [1.807, 2.05) is 43.3 Å². The Morgan fingerprint density at radius 1 is 1.21 bits per heavy atom. The van der Waals surface area contributed by atoms with Gasteiger partial charge in [0.1, 0.15) is 5.75 Å². The van der Waals surface area contributed by atoms with Crippen LogP contribution in [0.4, 0.5) is 5.69 Å². The van der Waals surface area contributed by atoms with Gasteiger partial charge in [-0.2, -0.15) is 0 Å². The van der Waals surface area contributed by atoms with Crippen molar-refractivity contribution >= 4 is 21.6 Å². The number of anilines is 1. The van der Waals surface area contributed by atoms with Crippen molar-refractivity contribution in [1.82, 2.24) is 5.32 Å². The number of ether oxygens (including phenoxy) is 1. The molecule has 0 spiro atoms. The summed E-state index contributed by atoms with van der Waals surface area (Å²) < 4.78 is 31.9. The fourth-order valence-corrected chi connectivity index (χ4v) is 4.42. The normalized spacial score (nSPS) is 17.4. The smallest absolute Gasteiger partial charge is 0.263 e. The maximum atomic E-state index is 13.1. The second kappa shape index (κ2) is 8.45. The van der Waals surface area contributed by atoms with Gasteiger partial charge < -0.3 is 10.1 Å². The first-order chi connectivity index (χ1) is 13.6. The van der Waals surface area contributed by atoms with E-state index in [1.165, 1.54) is 4.31 Å². The zero-order valence-electron chi connectivity index (χ0n) is 17.3. The summed E-state index contributed by atoms with van der Waals surface area (Å²) in [6.07, 6.45) is 0.997. The fourth-order valence-electron chi connectivity index (χ4n) is 3.51. The van der Waals surface area contributed by atoms with E-state index in [-0.39, 0.29) is 18.5 Å². The first-order valence-corrected chi connectivity index (χ1v) is 11.6. The number of nitrogens with one attached hydrogen (secondary N) is 1. The Labute approximate surface area is 172 Å². The van der Waals surface area contributed by atoms with Crippen LogP contribution < -0.4 is 14.4 Å². The second-order valence-corrected chi connectivity index (χ2v) is 9.88. The fraction of sp³-hybridized carbons (Fsp3) is 0.409. The van der Waals surface area contributed by atoms with Gasteiger partial charge in [-0.3, -0.25) is 9.10 Å². The van der Waals surface area contributed by atoms with Crippen LogP contribution in [0.3, 0.4) is 0 Å². The third-order valence-corrected chi connectivity index (χ3v) is 6.05. The predicted molar refractivity (Wildman–Crippen MR) is 115 cm³/mol. The van der Waals surface area contributed by atoms with Gasteiger partial charge in [-0.15, -0.1) is 0 Å². The van der Waals surface area contributed by atoms with Crippen LogP contribution >= 0.6 is 0 Å². The monoisotopic (exact) mass is 416 g/mol. The molecule has 6 nitrogen and oxygen atoms in total. The number of rotatable bonds is 6. The van der Waals surface area contributed by atoms with Crippen molar-refractivity contribution in [1.29, 1.82) is 0 Å². The number of carbonyl (C=O) groups excluding carboxylic acids is 1. The Kier molecular flexibility index (Phi) is 6.17. The Morgan fingerprint density at radius 3 is 2.52 bits per heavy atom. The Balaban J connectivity index is 1.86. The number of amides is 1. The zero-order valence-corrected chi connectivity index (χ0v) is 18.1. The van der Waals surface area contributed by atoms with Gasteiger partial charge in [-0.25, -0.2) is 8.42 Å². The standard InChI is InChI=1S/C22H28N2O4S/c1-15(2)12-18(17-8-6-5-7-9-17)23-22(25)21-14-24(29(4,26)27)19-13-16(3)10-11-20(19)28-21/h5-11,13,15,18,21H,12,14H2,1-4H3,(H,23,25)/t18-,21-/m0/s1. The number of fused-ring (bicyclic) bond motifs is 1. The van der Waals surface area contributed by atoms with Crippen molar-refractivity contribution < 1.29 is 17.9 Å². The lowest BCUT2D eigenvalue weighted by Gasteiger charge is -2.35. The number of sulfonamides is 1. The summed E-state index contributed by atoms with van der Waals surface area (Å²) in [4.78, 5) is 13.1. The van der Waals surface area contributed by atoms with Gasteiger partial charge in [0, 0.05) is 0 Å². The van der Waals surface area contributed by atoms with Crippen LogP contribution in [-0.4, -0.2) is 33.2 Å². The molecule has 156 valence electrons. The molecule has 0 aliphatic carbocycles. The number of aryl methyl sites for hydroxylation is 1. The molecule has 0 fully saturated rings. The van der Waals surface area contributed by atoms with Crippen LogP contribution in [0.25, 0.3) is 0 Å². The largest absolute Gasteiger partial charge is 0.476 e. The number of hydrogen-bond donors (Lipinski definition) is 1. The van der Waals surface area contributed by atoms with E-state index in [4.69, 9.17) is 4.74 Å².